The Balaban J connectivity index is 0.000000110. The summed E-state index contributed by atoms with van der Waals surface area (Å²) in [6.45, 7) is 49.9. The summed E-state index contributed by atoms with van der Waals surface area (Å²) in [6, 6.07) is 44.0. The monoisotopic (exact) mass is 1700 g/mol. The summed E-state index contributed by atoms with van der Waals surface area (Å²) < 4.78 is 51.1. The average molecular weight is 1700 g/mol. The van der Waals surface area contributed by atoms with Gasteiger partial charge in [-0.1, -0.05) is 80.6 Å². The van der Waals surface area contributed by atoms with Gasteiger partial charge in [0.05, 0.1) is 32.5 Å². The summed E-state index contributed by atoms with van der Waals surface area (Å²) in [5.41, 5.74) is 22.2. The van der Waals surface area contributed by atoms with Crippen LogP contribution in [0.5, 0.6) is 0 Å². The lowest BCUT2D eigenvalue weighted by Gasteiger charge is -2.38. The SMILES string of the molecule is Cc1ccc2c(n1)oc1c(N3c4nccnc4N(C)C3C)c(C)ccc12.Cc1ccccc1N1C(C)C(C)(C)CC1(C)C.[2H]C(C)(C)N1c2ncccc2N(c2c(C)ccc3c2oc2nc(C)ccc23)C1C.[2H]C(C)(C)N1c2nccnc2N(c2c(C)ccc3c2oc2nc(C)ccc23)C1C.[2H]C(C)(C)N1c2nccnc2N(c2c(C)ccc3c2oc2nc(C)ccc23)C1C. The first-order chi connectivity index (χ1) is 61.6. The highest BCUT2D eigenvalue weighted by atomic mass is 16.4. The van der Waals surface area contributed by atoms with Crippen molar-refractivity contribution >= 4 is 163 Å². The average Bonchev–Trinajstić information content (AvgIpc) is 1.57. The van der Waals surface area contributed by atoms with E-state index in [9.17, 15) is 0 Å². The maximum absolute atomic E-state index is 8.70. The summed E-state index contributed by atoms with van der Waals surface area (Å²) in [5.74, 6) is 5.44. The molecule has 5 aromatic carbocycles. The van der Waals surface area contributed by atoms with Crippen molar-refractivity contribution in [3.05, 3.63) is 227 Å². The van der Waals surface area contributed by atoms with Crippen LogP contribution in [0.15, 0.2) is 195 Å². The van der Waals surface area contributed by atoms with Crippen LogP contribution < -0.4 is 44.1 Å². The Morgan fingerprint density at radius 2 is 0.622 bits per heavy atom. The van der Waals surface area contributed by atoms with E-state index in [-0.39, 0.29) is 30.2 Å². The second kappa shape index (κ2) is 32.2. The maximum Gasteiger partial charge on any atom is 0.227 e. The molecule has 24 nitrogen and oxygen atoms in total. The molecule has 22 rings (SSSR count). The van der Waals surface area contributed by atoms with E-state index in [0.717, 1.165) is 168 Å². The fourth-order valence-corrected chi connectivity index (χ4v) is 20.1. The summed E-state index contributed by atoms with van der Waals surface area (Å²) in [5, 5.41) is 8.21. The molecule has 12 aromatic heterocycles. The smallest absolute Gasteiger partial charge is 0.227 e. The van der Waals surface area contributed by atoms with Gasteiger partial charge in [-0.25, -0.2) is 54.8 Å². The third-order valence-electron chi connectivity index (χ3n) is 26.0. The number of para-hydroxylation sites is 1. The van der Waals surface area contributed by atoms with Crippen LogP contribution in [-0.4, -0.2) is 116 Å². The lowest BCUT2D eigenvalue weighted by Crippen LogP contribution is -2.43. The molecule has 650 valence electrons. The Hall–Kier alpha value is -13.5. The van der Waals surface area contributed by atoms with E-state index in [4.69, 9.17) is 21.8 Å². The lowest BCUT2D eigenvalue weighted by atomic mass is 9.82. The quantitative estimate of drug-likeness (QED) is 0.138. The maximum atomic E-state index is 8.70. The molecule has 0 bridgehead atoms. The molecule has 24 heteroatoms. The van der Waals surface area contributed by atoms with Gasteiger partial charge in [0.1, 0.15) is 24.7 Å². The predicted molar refractivity (Wildman–Crippen MR) is 518 cm³/mol. The van der Waals surface area contributed by atoms with Crippen LogP contribution in [0, 0.1) is 67.7 Å². The minimum Gasteiger partial charge on any atom is -0.435 e. The van der Waals surface area contributed by atoms with Gasteiger partial charge in [-0.05, 0) is 259 Å². The fourth-order valence-electron chi connectivity index (χ4n) is 20.1. The number of aryl methyl sites for hydroxylation is 9. The minimum absolute atomic E-state index is 0.0830. The normalized spacial score (nSPS) is 18.5. The van der Waals surface area contributed by atoms with E-state index in [0.29, 0.717) is 45.9 Å². The molecule has 127 heavy (non-hydrogen) atoms. The van der Waals surface area contributed by atoms with Crippen molar-refractivity contribution in [3.8, 4) is 0 Å². The molecular formula is C103H114N20O4. The zero-order valence-electron chi connectivity index (χ0n) is 80.4. The Morgan fingerprint density at radius 3 is 0.976 bits per heavy atom. The second-order valence-electron chi connectivity index (χ2n) is 36.4. The molecular weight excluding hydrogens is 1580 g/mol. The van der Waals surface area contributed by atoms with Gasteiger partial charge in [-0.2, -0.15) is 0 Å². The number of hydrogen-bond donors (Lipinski definition) is 0. The van der Waals surface area contributed by atoms with E-state index < -0.39 is 18.1 Å². The number of fused-ring (bicyclic) bond motifs is 16. The van der Waals surface area contributed by atoms with Crippen LogP contribution in [0.25, 0.3) is 88.3 Å². The number of anilines is 13. The van der Waals surface area contributed by atoms with E-state index >= 15 is 0 Å². The second-order valence-corrected chi connectivity index (χ2v) is 36.4. The van der Waals surface area contributed by atoms with E-state index in [1.54, 1.807) is 43.4 Å². The Kier molecular flexibility index (Phi) is 20.4. The standard InChI is InChI=1S/C23H24N4O.2C22H23N5O.C20H19N5O.C16H25N/c1-13(2)26-16(5)27(19-7-6-12-24-22(19)26)20-14(3)8-10-17-18-11-9-15(4)25-23(18)28-21(17)20;2*1-12(2)26-15(5)27(21-20(26)23-10-11-24-21)18-13(3)6-8-16-17-9-7-14(4)25-22(17)28-19(16)18;1-11-5-7-14-15-8-6-12(2)23-20(15)26-17(14)16(11)25-13(3)24(4)18-19(25)22-10-9-21-18;1-12-9-7-8-10-14(12)17-13(2)15(3,4)11-16(17,5)6/h6-13,16H,1-5H3;2*6-12,15H,1-5H3;5-10,13H,1-4H3;7-10,13H,11H2,1-6H3/i13D;2*12D;;. The number of hydrogen-bond acceptors (Lipinski definition) is 24. The molecule has 0 spiro atoms. The van der Waals surface area contributed by atoms with Crippen molar-refractivity contribution in [1.82, 2.24) is 54.8 Å². The topological polar surface area (TPSA) is 224 Å². The van der Waals surface area contributed by atoms with Gasteiger partial charge in [0.2, 0.25) is 22.9 Å². The van der Waals surface area contributed by atoms with Crippen LogP contribution in [0.3, 0.4) is 0 Å². The number of nitrogens with zero attached hydrogens (tertiary/aromatic N) is 20. The molecule has 5 aliphatic rings. The summed E-state index contributed by atoms with van der Waals surface area (Å²) in [7, 11) is 2.04. The van der Waals surface area contributed by atoms with Gasteiger partial charge in [-0.3, -0.25) is 14.7 Å². The molecule has 5 aliphatic heterocycles. The van der Waals surface area contributed by atoms with Crippen molar-refractivity contribution in [3.63, 3.8) is 0 Å². The zero-order valence-corrected chi connectivity index (χ0v) is 77.4. The van der Waals surface area contributed by atoms with Crippen molar-refractivity contribution in [2.75, 3.05) is 51.1 Å². The molecule has 1 saturated heterocycles. The molecule has 0 N–H and O–H groups in total. The van der Waals surface area contributed by atoms with Crippen LogP contribution in [-0.2, 0) is 0 Å². The van der Waals surface area contributed by atoms with Crippen molar-refractivity contribution in [2.24, 2.45) is 5.41 Å². The van der Waals surface area contributed by atoms with Crippen LogP contribution in [0.2, 0.25) is 0 Å². The van der Waals surface area contributed by atoms with Crippen molar-refractivity contribution < 1.29 is 21.8 Å². The number of rotatable bonds is 8. The van der Waals surface area contributed by atoms with Gasteiger partial charge >= 0.3 is 0 Å². The van der Waals surface area contributed by atoms with Gasteiger partial charge < -0.3 is 47.1 Å². The lowest BCUT2D eigenvalue weighted by molar-refractivity contribution is 0.329. The predicted octanol–water partition coefficient (Wildman–Crippen LogP) is 24.6. The van der Waals surface area contributed by atoms with Gasteiger partial charge in [0.25, 0.3) is 0 Å². The molecule has 17 heterocycles. The van der Waals surface area contributed by atoms with Gasteiger partial charge in [0.15, 0.2) is 63.1 Å². The van der Waals surface area contributed by atoms with E-state index in [1.165, 1.54) is 17.7 Å². The first-order valence-corrected chi connectivity index (χ1v) is 43.8. The number of benzene rings is 5. The summed E-state index contributed by atoms with van der Waals surface area (Å²) in [6.07, 6.45) is 12.9. The third kappa shape index (κ3) is 14.2. The van der Waals surface area contributed by atoms with E-state index in [2.05, 4.69) is 284 Å². The molecule has 0 aliphatic carbocycles. The molecule has 5 atom stereocenters. The molecule has 0 saturated carbocycles. The minimum atomic E-state index is -0.854. The van der Waals surface area contributed by atoms with Crippen LogP contribution >= 0.6 is 0 Å². The molecule has 5 unspecified atom stereocenters. The van der Waals surface area contributed by atoms with Crippen molar-refractivity contribution in [2.45, 2.75) is 227 Å². The highest BCUT2D eigenvalue weighted by Gasteiger charge is 2.50. The highest BCUT2D eigenvalue weighted by Crippen LogP contribution is 2.54. The zero-order chi connectivity index (χ0) is 92.3. The Morgan fingerprint density at radius 1 is 0.323 bits per heavy atom. The van der Waals surface area contributed by atoms with Crippen LogP contribution in [0.1, 0.15) is 165 Å². The molecule has 17 aromatic rings. The van der Waals surface area contributed by atoms with E-state index in [1.807, 2.05) is 121 Å². The number of aromatic nitrogens is 11. The fraction of sp³-hybridized carbons (Fsp3) is 0.350. The molecule has 0 radical (unpaired) electrons. The Labute approximate surface area is 746 Å². The van der Waals surface area contributed by atoms with Gasteiger partial charge in [0, 0.05) is 152 Å². The van der Waals surface area contributed by atoms with Crippen LogP contribution in [0.4, 0.5) is 74.8 Å². The first-order valence-electron chi connectivity index (χ1n) is 45.3. The number of furan rings is 4. The molecule has 1 fully saturated rings. The summed E-state index contributed by atoms with van der Waals surface area (Å²) >= 11 is 0. The third-order valence-corrected chi connectivity index (χ3v) is 26.0. The highest BCUT2D eigenvalue weighted by molar-refractivity contribution is 6.13. The van der Waals surface area contributed by atoms with Gasteiger partial charge in [-0.15, -0.1) is 0 Å². The number of pyridine rings is 5. The molecule has 0 amide bonds. The van der Waals surface area contributed by atoms with Crippen molar-refractivity contribution in [1.29, 1.82) is 0 Å². The summed E-state index contributed by atoms with van der Waals surface area (Å²) in [4.78, 5) is 69.9. The largest absolute Gasteiger partial charge is 0.435 e. The first kappa shape index (κ1) is 80.6. The Bertz CT molecular complexity index is 6840.